The lowest BCUT2D eigenvalue weighted by atomic mass is 10.1. The average molecular weight is 478 g/mol. The van der Waals surface area contributed by atoms with Crippen molar-refractivity contribution in [1.82, 2.24) is 9.55 Å². The molecule has 1 unspecified atom stereocenters. The van der Waals surface area contributed by atoms with Crippen molar-refractivity contribution in [1.29, 1.82) is 0 Å². The molecule has 8 heteroatoms. The zero-order valence-electron chi connectivity index (χ0n) is 17.9. The third-order valence-electron chi connectivity index (χ3n) is 5.05. The number of hydrogen-bond donors (Lipinski definition) is 1. The van der Waals surface area contributed by atoms with E-state index in [0.717, 1.165) is 0 Å². The second kappa shape index (κ2) is 9.60. The Morgan fingerprint density at radius 3 is 2.36 bits per heavy atom. The first kappa shape index (κ1) is 22.8. The van der Waals surface area contributed by atoms with Gasteiger partial charge in [-0.25, -0.2) is 4.98 Å². The number of benzene rings is 3. The van der Waals surface area contributed by atoms with Crippen LogP contribution in [0.3, 0.4) is 0 Å². The van der Waals surface area contributed by atoms with Gasteiger partial charge in [0.25, 0.3) is 5.56 Å². The summed E-state index contributed by atoms with van der Waals surface area (Å²) in [5.41, 5.74) is 1.92. The van der Waals surface area contributed by atoms with Gasteiger partial charge in [0.15, 0.2) is 10.9 Å². The van der Waals surface area contributed by atoms with Gasteiger partial charge < -0.3 is 5.32 Å². The van der Waals surface area contributed by atoms with E-state index in [9.17, 15) is 14.4 Å². The Morgan fingerprint density at radius 1 is 1.00 bits per heavy atom. The number of rotatable bonds is 6. The van der Waals surface area contributed by atoms with Crippen LogP contribution in [0.1, 0.15) is 24.2 Å². The van der Waals surface area contributed by atoms with Gasteiger partial charge in [-0.05, 0) is 62.4 Å². The number of nitrogens with zero attached hydrogens (tertiary/aromatic N) is 2. The van der Waals surface area contributed by atoms with E-state index < -0.39 is 5.25 Å². The lowest BCUT2D eigenvalue weighted by Crippen LogP contribution is -2.26. The molecule has 0 saturated heterocycles. The Balaban J connectivity index is 1.68. The third-order valence-corrected chi connectivity index (χ3v) is 6.42. The largest absolute Gasteiger partial charge is 0.325 e. The normalized spacial score (nSPS) is 11.8. The summed E-state index contributed by atoms with van der Waals surface area (Å²) in [5.74, 6) is -0.305. The smallest absolute Gasteiger partial charge is 0.266 e. The third kappa shape index (κ3) is 4.84. The van der Waals surface area contributed by atoms with Gasteiger partial charge in [0.2, 0.25) is 5.91 Å². The van der Waals surface area contributed by atoms with Crippen molar-refractivity contribution in [3.8, 4) is 5.69 Å². The van der Waals surface area contributed by atoms with E-state index in [1.54, 1.807) is 73.7 Å². The van der Waals surface area contributed by atoms with Gasteiger partial charge in [-0.15, -0.1) is 0 Å². The van der Waals surface area contributed by atoms with Gasteiger partial charge >= 0.3 is 0 Å². The fraction of sp³-hybridized carbons (Fsp3) is 0.120. The van der Waals surface area contributed by atoms with Crippen LogP contribution < -0.4 is 10.9 Å². The van der Waals surface area contributed by atoms with Crippen LogP contribution in [0.25, 0.3) is 16.6 Å². The Bertz CT molecular complexity index is 1420. The first-order valence-corrected chi connectivity index (χ1v) is 11.5. The zero-order valence-corrected chi connectivity index (χ0v) is 19.5. The first-order valence-electron chi connectivity index (χ1n) is 10.2. The predicted octanol–water partition coefficient (Wildman–Crippen LogP) is 5.36. The molecule has 1 amide bonds. The van der Waals surface area contributed by atoms with E-state index in [1.807, 2.05) is 6.07 Å². The summed E-state index contributed by atoms with van der Waals surface area (Å²) in [7, 11) is 0. The van der Waals surface area contributed by atoms with E-state index >= 15 is 0 Å². The number of hydrogen-bond acceptors (Lipinski definition) is 5. The molecule has 0 saturated carbocycles. The standard InChI is InChI=1S/C25H20ClN3O3S/c1-15(30)17-11-13-18(14-12-17)27-23(31)16(2)33-25-28-21-9-5-3-7-19(21)24(32)29(25)22-10-6-4-8-20(22)26/h3-14,16H,1-2H3,(H,27,31). The molecule has 6 nitrogen and oxygen atoms in total. The van der Waals surface area contributed by atoms with Crippen LogP contribution in [-0.2, 0) is 4.79 Å². The van der Waals surface area contributed by atoms with Crippen LogP contribution in [0, 0.1) is 0 Å². The van der Waals surface area contributed by atoms with Gasteiger partial charge in [-0.3, -0.25) is 19.0 Å². The lowest BCUT2D eigenvalue weighted by Gasteiger charge is -2.17. The SMILES string of the molecule is CC(=O)c1ccc(NC(=O)C(C)Sc2nc3ccccc3c(=O)n2-c2ccccc2Cl)cc1. The number of halogens is 1. The second-order valence-corrected chi connectivity index (χ2v) is 9.10. The molecule has 0 aliphatic rings. The van der Waals surface area contributed by atoms with Crippen molar-refractivity contribution in [2.75, 3.05) is 5.32 Å². The van der Waals surface area contributed by atoms with Crippen molar-refractivity contribution in [2.24, 2.45) is 0 Å². The predicted molar refractivity (Wildman–Crippen MR) is 133 cm³/mol. The fourth-order valence-corrected chi connectivity index (χ4v) is 4.42. The highest BCUT2D eigenvalue weighted by Gasteiger charge is 2.21. The minimum absolute atomic E-state index is 0.0447. The number of ketones is 1. The van der Waals surface area contributed by atoms with E-state index in [-0.39, 0.29) is 17.2 Å². The highest BCUT2D eigenvalue weighted by molar-refractivity contribution is 8.00. The number of carbonyl (C=O) groups is 2. The Kier molecular flexibility index (Phi) is 6.62. The van der Waals surface area contributed by atoms with Crippen LogP contribution in [0.2, 0.25) is 5.02 Å². The molecule has 0 bridgehead atoms. The first-order chi connectivity index (χ1) is 15.8. The minimum atomic E-state index is -0.570. The lowest BCUT2D eigenvalue weighted by molar-refractivity contribution is -0.115. The van der Waals surface area contributed by atoms with Gasteiger partial charge in [-0.1, -0.05) is 47.6 Å². The number of carbonyl (C=O) groups excluding carboxylic acids is 2. The molecule has 0 radical (unpaired) electrons. The molecule has 1 aromatic heterocycles. The second-order valence-electron chi connectivity index (χ2n) is 7.39. The van der Waals surface area contributed by atoms with Crippen LogP contribution in [-0.4, -0.2) is 26.5 Å². The highest BCUT2D eigenvalue weighted by atomic mass is 35.5. The van der Waals surface area contributed by atoms with Crippen molar-refractivity contribution in [3.63, 3.8) is 0 Å². The van der Waals surface area contributed by atoms with E-state index in [4.69, 9.17) is 11.6 Å². The molecular weight excluding hydrogens is 458 g/mol. The van der Waals surface area contributed by atoms with E-state index in [1.165, 1.54) is 23.3 Å². The van der Waals surface area contributed by atoms with Gasteiger partial charge in [-0.2, -0.15) is 0 Å². The number of thioether (sulfide) groups is 1. The summed E-state index contributed by atoms with van der Waals surface area (Å²) in [6, 6.07) is 20.8. The van der Waals surface area contributed by atoms with E-state index in [0.29, 0.717) is 38.0 Å². The fourth-order valence-electron chi connectivity index (χ4n) is 3.28. The zero-order chi connectivity index (χ0) is 23.5. The molecule has 0 spiro atoms. The summed E-state index contributed by atoms with van der Waals surface area (Å²) >= 11 is 7.56. The summed E-state index contributed by atoms with van der Waals surface area (Å²) < 4.78 is 1.45. The average Bonchev–Trinajstić information content (AvgIpc) is 2.80. The van der Waals surface area contributed by atoms with Crippen molar-refractivity contribution >= 4 is 51.6 Å². The van der Waals surface area contributed by atoms with Crippen LogP contribution in [0.5, 0.6) is 0 Å². The Hall–Kier alpha value is -3.42. The number of nitrogens with one attached hydrogen (secondary N) is 1. The van der Waals surface area contributed by atoms with Gasteiger partial charge in [0.05, 0.1) is 26.9 Å². The van der Waals surface area contributed by atoms with Crippen LogP contribution in [0.15, 0.2) is 82.7 Å². The molecule has 4 rings (SSSR count). The Labute approximate surface area is 199 Å². The number of fused-ring (bicyclic) bond motifs is 1. The number of Topliss-reactive ketones (excluding diaryl/α,β-unsaturated/α-hetero) is 1. The number of para-hydroxylation sites is 2. The monoisotopic (exact) mass is 477 g/mol. The molecule has 0 fully saturated rings. The summed E-state index contributed by atoms with van der Waals surface area (Å²) in [4.78, 5) is 42.3. The van der Waals surface area contributed by atoms with Crippen molar-refractivity contribution < 1.29 is 9.59 Å². The van der Waals surface area contributed by atoms with Crippen LogP contribution in [0.4, 0.5) is 5.69 Å². The summed E-state index contributed by atoms with van der Waals surface area (Å²) in [6.07, 6.45) is 0. The van der Waals surface area contributed by atoms with Crippen LogP contribution >= 0.6 is 23.4 Å². The molecule has 3 aromatic carbocycles. The van der Waals surface area contributed by atoms with Gasteiger partial charge in [0, 0.05) is 11.3 Å². The summed E-state index contributed by atoms with van der Waals surface area (Å²) in [6.45, 7) is 3.23. The minimum Gasteiger partial charge on any atom is -0.325 e. The molecule has 166 valence electrons. The molecule has 4 aromatic rings. The molecule has 1 atom stereocenters. The number of anilines is 1. The molecule has 33 heavy (non-hydrogen) atoms. The maximum Gasteiger partial charge on any atom is 0.266 e. The topological polar surface area (TPSA) is 81.1 Å². The quantitative estimate of drug-likeness (QED) is 0.229. The maximum atomic E-state index is 13.4. The van der Waals surface area contributed by atoms with Crippen molar-refractivity contribution in [2.45, 2.75) is 24.3 Å². The molecule has 1 heterocycles. The Morgan fingerprint density at radius 2 is 1.67 bits per heavy atom. The highest BCUT2D eigenvalue weighted by Crippen LogP contribution is 2.28. The van der Waals surface area contributed by atoms with Crippen molar-refractivity contribution in [3.05, 3.63) is 93.7 Å². The molecular formula is C25H20ClN3O3S. The summed E-state index contributed by atoms with van der Waals surface area (Å²) in [5, 5.41) is 3.50. The number of amides is 1. The van der Waals surface area contributed by atoms with Gasteiger partial charge in [0.1, 0.15) is 0 Å². The molecule has 1 N–H and O–H groups in total. The molecule has 0 aliphatic heterocycles. The number of aromatic nitrogens is 2. The molecule has 0 aliphatic carbocycles. The van der Waals surface area contributed by atoms with E-state index in [2.05, 4.69) is 10.3 Å². The maximum absolute atomic E-state index is 13.4.